The molecule has 0 aliphatic rings. The molecule has 0 radical (unpaired) electrons. The summed E-state index contributed by atoms with van der Waals surface area (Å²) in [5, 5.41) is 14.8. The number of anilines is 1. The molecule has 0 aromatic carbocycles. The molecule has 2 heterocycles. The fraction of sp³-hybridized carbons (Fsp3) is 0.333. The van der Waals surface area contributed by atoms with Gasteiger partial charge in [0.2, 0.25) is 0 Å². The molecule has 0 saturated heterocycles. The molecule has 0 atom stereocenters. The van der Waals surface area contributed by atoms with Crippen molar-refractivity contribution in [3.8, 4) is 0 Å². The van der Waals surface area contributed by atoms with Gasteiger partial charge in [-0.15, -0.1) is 5.10 Å². The standard InChI is InChI=1S/C6H9N7/c7-6-1-2-12(9-6)3-4-13-5-8-10-11-13/h1-2,5H,3-4H2,(H2,7,9). The first-order valence-electron chi connectivity index (χ1n) is 3.84. The summed E-state index contributed by atoms with van der Waals surface area (Å²) in [5.41, 5.74) is 5.45. The third-order valence-corrected chi connectivity index (χ3v) is 1.61. The molecule has 2 N–H and O–H groups in total. The molecule has 0 aliphatic carbocycles. The van der Waals surface area contributed by atoms with E-state index < -0.39 is 0 Å². The Hall–Kier alpha value is -1.92. The van der Waals surface area contributed by atoms with Crippen LogP contribution in [0.4, 0.5) is 5.82 Å². The molecule has 0 saturated carbocycles. The van der Waals surface area contributed by atoms with Crippen molar-refractivity contribution in [3.63, 3.8) is 0 Å². The lowest BCUT2D eigenvalue weighted by molar-refractivity contribution is 0.490. The molecule has 0 bridgehead atoms. The highest BCUT2D eigenvalue weighted by Gasteiger charge is 1.95. The van der Waals surface area contributed by atoms with E-state index in [9.17, 15) is 0 Å². The summed E-state index contributed by atoms with van der Waals surface area (Å²) in [5.74, 6) is 0.525. The monoisotopic (exact) mass is 179 g/mol. The van der Waals surface area contributed by atoms with Gasteiger partial charge in [0.05, 0.1) is 13.1 Å². The van der Waals surface area contributed by atoms with Crippen LogP contribution in [-0.2, 0) is 13.1 Å². The predicted molar refractivity (Wildman–Crippen MR) is 44.5 cm³/mol. The van der Waals surface area contributed by atoms with E-state index in [1.54, 1.807) is 21.8 Å². The SMILES string of the molecule is Nc1ccn(CCn2cnnn2)n1. The molecule has 2 aromatic rings. The van der Waals surface area contributed by atoms with Gasteiger partial charge in [0, 0.05) is 6.20 Å². The summed E-state index contributed by atoms with van der Waals surface area (Å²) < 4.78 is 3.38. The minimum absolute atomic E-state index is 0.525. The Morgan fingerprint density at radius 1 is 1.31 bits per heavy atom. The zero-order valence-electron chi connectivity index (χ0n) is 6.91. The summed E-state index contributed by atoms with van der Waals surface area (Å²) >= 11 is 0. The Kier molecular flexibility index (Phi) is 1.91. The van der Waals surface area contributed by atoms with Gasteiger partial charge in [0.15, 0.2) is 0 Å². The second-order valence-corrected chi connectivity index (χ2v) is 2.58. The molecule has 13 heavy (non-hydrogen) atoms. The van der Waals surface area contributed by atoms with Crippen LogP contribution in [0.5, 0.6) is 0 Å². The van der Waals surface area contributed by atoms with E-state index in [0.29, 0.717) is 18.9 Å². The van der Waals surface area contributed by atoms with Crippen molar-refractivity contribution in [1.29, 1.82) is 0 Å². The van der Waals surface area contributed by atoms with Crippen LogP contribution in [0.15, 0.2) is 18.6 Å². The Labute approximate surface area is 74.1 Å². The molecule has 68 valence electrons. The third kappa shape index (κ3) is 1.81. The number of hydrogen-bond acceptors (Lipinski definition) is 5. The summed E-state index contributed by atoms with van der Waals surface area (Å²) in [7, 11) is 0. The van der Waals surface area contributed by atoms with E-state index in [1.165, 1.54) is 0 Å². The van der Waals surface area contributed by atoms with Gasteiger partial charge in [-0.1, -0.05) is 0 Å². The van der Waals surface area contributed by atoms with E-state index in [4.69, 9.17) is 5.73 Å². The quantitative estimate of drug-likeness (QED) is 0.663. The lowest BCUT2D eigenvalue weighted by Crippen LogP contribution is -2.08. The van der Waals surface area contributed by atoms with E-state index in [2.05, 4.69) is 20.6 Å². The van der Waals surface area contributed by atoms with Crippen LogP contribution in [-0.4, -0.2) is 30.0 Å². The van der Waals surface area contributed by atoms with Crippen LogP contribution < -0.4 is 5.73 Å². The van der Waals surface area contributed by atoms with E-state index in [0.717, 1.165) is 0 Å². The van der Waals surface area contributed by atoms with Gasteiger partial charge in [-0.3, -0.25) is 4.68 Å². The van der Waals surface area contributed by atoms with Crippen molar-refractivity contribution in [2.45, 2.75) is 13.1 Å². The molecule has 2 aromatic heterocycles. The summed E-state index contributed by atoms with van der Waals surface area (Å²) in [6.07, 6.45) is 3.38. The second kappa shape index (κ2) is 3.21. The highest BCUT2D eigenvalue weighted by atomic mass is 15.5. The number of nitrogens with zero attached hydrogens (tertiary/aromatic N) is 6. The lowest BCUT2D eigenvalue weighted by atomic mass is 10.6. The second-order valence-electron chi connectivity index (χ2n) is 2.58. The Bertz CT molecular complexity index is 362. The number of hydrogen-bond donors (Lipinski definition) is 1. The van der Waals surface area contributed by atoms with Crippen LogP contribution in [0.2, 0.25) is 0 Å². The Morgan fingerprint density at radius 3 is 2.77 bits per heavy atom. The van der Waals surface area contributed by atoms with Crippen molar-refractivity contribution in [2.24, 2.45) is 0 Å². The average Bonchev–Trinajstić information content (AvgIpc) is 2.71. The molecule has 0 aliphatic heterocycles. The maximum absolute atomic E-state index is 5.45. The number of rotatable bonds is 3. The van der Waals surface area contributed by atoms with Crippen LogP contribution in [0, 0.1) is 0 Å². The zero-order valence-corrected chi connectivity index (χ0v) is 6.91. The molecule has 0 fully saturated rings. The number of tetrazole rings is 1. The predicted octanol–water partition coefficient (Wildman–Crippen LogP) is -0.848. The first kappa shape index (κ1) is 7.71. The number of nitrogens with two attached hydrogens (primary N) is 1. The van der Waals surface area contributed by atoms with Crippen LogP contribution in [0.25, 0.3) is 0 Å². The summed E-state index contributed by atoms with van der Waals surface area (Å²) in [6, 6.07) is 1.75. The number of nitrogen functional groups attached to an aromatic ring is 1. The summed E-state index contributed by atoms with van der Waals surface area (Å²) in [4.78, 5) is 0. The Morgan fingerprint density at radius 2 is 2.15 bits per heavy atom. The minimum Gasteiger partial charge on any atom is -0.382 e. The highest BCUT2D eigenvalue weighted by molar-refractivity contribution is 5.23. The van der Waals surface area contributed by atoms with Crippen molar-refractivity contribution in [3.05, 3.63) is 18.6 Å². The first-order chi connectivity index (χ1) is 6.34. The van der Waals surface area contributed by atoms with Gasteiger partial charge in [0.1, 0.15) is 12.1 Å². The van der Waals surface area contributed by atoms with Gasteiger partial charge < -0.3 is 5.73 Å². The van der Waals surface area contributed by atoms with Crippen molar-refractivity contribution in [1.82, 2.24) is 30.0 Å². The topological polar surface area (TPSA) is 87.4 Å². The molecule has 2 rings (SSSR count). The van der Waals surface area contributed by atoms with Crippen molar-refractivity contribution >= 4 is 5.82 Å². The molecule has 0 unspecified atom stereocenters. The maximum atomic E-state index is 5.45. The molecule has 0 spiro atoms. The van der Waals surface area contributed by atoms with E-state index >= 15 is 0 Å². The minimum atomic E-state index is 0.525. The van der Waals surface area contributed by atoms with Crippen molar-refractivity contribution in [2.75, 3.05) is 5.73 Å². The van der Waals surface area contributed by atoms with Gasteiger partial charge in [-0.2, -0.15) is 5.10 Å². The maximum Gasteiger partial charge on any atom is 0.145 e. The van der Waals surface area contributed by atoms with Crippen LogP contribution in [0.1, 0.15) is 0 Å². The third-order valence-electron chi connectivity index (χ3n) is 1.61. The van der Waals surface area contributed by atoms with Gasteiger partial charge >= 0.3 is 0 Å². The number of aromatic nitrogens is 6. The smallest absolute Gasteiger partial charge is 0.145 e. The van der Waals surface area contributed by atoms with Crippen LogP contribution in [0.3, 0.4) is 0 Å². The Balaban J connectivity index is 1.93. The lowest BCUT2D eigenvalue weighted by Gasteiger charge is -1.99. The highest BCUT2D eigenvalue weighted by Crippen LogP contribution is 1.95. The van der Waals surface area contributed by atoms with Crippen molar-refractivity contribution < 1.29 is 0 Å². The molecular weight excluding hydrogens is 170 g/mol. The molecule has 7 heteroatoms. The van der Waals surface area contributed by atoms with E-state index in [-0.39, 0.29) is 0 Å². The first-order valence-corrected chi connectivity index (χ1v) is 3.84. The molecule has 0 amide bonds. The molecular formula is C6H9N7. The molecule has 7 nitrogen and oxygen atoms in total. The fourth-order valence-electron chi connectivity index (χ4n) is 0.990. The number of aryl methyl sites for hydroxylation is 2. The zero-order chi connectivity index (χ0) is 9.10. The van der Waals surface area contributed by atoms with Gasteiger partial charge in [-0.25, -0.2) is 4.68 Å². The average molecular weight is 179 g/mol. The van der Waals surface area contributed by atoms with Gasteiger partial charge in [-0.05, 0) is 16.5 Å². The summed E-state index contributed by atoms with van der Waals surface area (Å²) in [6.45, 7) is 1.40. The normalized spacial score (nSPS) is 10.5. The fourth-order valence-corrected chi connectivity index (χ4v) is 0.990. The van der Waals surface area contributed by atoms with E-state index in [1.807, 2.05) is 6.20 Å². The largest absolute Gasteiger partial charge is 0.382 e. The van der Waals surface area contributed by atoms with Crippen LogP contribution >= 0.6 is 0 Å². The van der Waals surface area contributed by atoms with Gasteiger partial charge in [0.25, 0.3) is 0 Å².